The van der Waals surface area contributed by atoms with Gasteiger partial charge < -0.3 is 10.6 Å². The summed E-state index contributed by atoms with van der Waals surface area (Å²) in [5.41, 5.74) is 0.473. The molecular weight excluding hydrogens is 343 g/mol. The first kappa shape index (κ1) is 17.3. The minimum absolute atomic E-state index is 0.0268. The summed E-state index contributed by atoms with van der Waals surface area (Å²) >= 11 is 0. The molecule has 4 rings (SSSR count). The Labute approximate surface area is 149 Å². The third kappa shape index (κ3) is 3.28. The topological polar surface area (TPSA) is 54.0 Å². The van der Waals surface area contributed by atoms with Crippen molar-refractivity contribution in [1.29, 1.82) is 0 Å². The van der Waals surface area contributed by atoms with Crippen molar-refractivity contribution in [3.05, 3.63) is 40.6 Å². The number of amides is 1. The number of fused-ring (bicyclic) bond motifs is 1. The van der Waals surface area contributed by atoms with Crippen LogP contribution in [0, 0.1) is 6.92 Å². The number of nitrogens with zero attached hydrogens (tertiary/aromatic N) is 1. The smallest absolute Gasteiger partial charge is 0.349 e. The van der Waals surface area contributed by atoms with E-state index in [4.69, 9.17) is 0 Å². The summed E-state index contributed by atoms with van der Waals surface area (Å²) < 4.78 is 40.8. The average molecular weight is 363 g/mol. The predicted molar refractivity (Wildman–Crippen MR) is 92.2 cm³/mol. The zero-order valence-corrected chi connectivity index (χ0v) is 14.4. The Morgan fingerprint density at radius 1 is 1.27 bits per heavy atom. The largest absolute Gasteiger partial charge is 0.418 e. The van der Waals surface area contributed by atoms with Crippen molar-refractivity contribution in [2.24, 2.45) is 0 Å². The summed E-state index contributed by atoms with van der Waals surface area (Å²) in [6, 6.07) is 4.80. The van der Waals surface area contributed by atoms with Crippen LogP contribution in [0.5, 0.6) is 0 Å². The molecule has 1 atom stereocenters. The number of benzene rings is 1. The maximum Gasteiger partial charge on any atom is 0.418 e. The summed E-state index contributed by atoms with van der Waals surface area (Å²) in [5, 5.41) is 6.38. The number of halogens is 3. The molecule has 2 aromatic rings. The number of alkyl halides is 3. The quantitative estimate of drug-likeness (QED) is 0.874. The van der Waals surface area contributed by atoms with Gasteiger partial charge in [-0.1, -0.05) is 0 Å². The van der Waals surface area contributed by atoms with Crippen LogP contribution in [0.1, 0.15) is 52.4 Å². The zero-order valence-electron chi connectivity index (χ0n) is 14.4. The van der Waals surface area contributed by atoms with Gasteiger partial charge in [-0.25, -0.2) is 4.98 Å². The van der Waals surface area contributed by atoms with Crippen LogP contribution in [-0.4, -0.2) is 30.0 Å². The van der Waals surface area contributed by atoms with Crippen molar-refractivity contribution < 1.29 is 18.0 Å². The van der Waals surface area contributed by atoms with E-state index in [1.54, 1.807) is 19.1 Å². The van der Waals surface area contributed by atoms with Crippen LogP contribution in [0.15, 0.2) is 18.2 Å². The highest BCUT2D eigenvalue weighted by atomic mass is 19.4. The normalized spacial score (nSPS) is 20.1. The molecule has 2 fully saturated rings. The van der Waals surface area contributed by atoms with Crippen molar-refractivity contribution in [2.45, 2.75) is 44.3 Å². The van der Waals surface area contributed by atoms with Gasteiger partial charge >= 0.3 is 6.18 Å². The van der Waals surface area contributed by atoms with E-state index in [0.717, 1.165) is 25.8 Å². The van der Waals surface area contributed by atoms with Crippen LogP contribution < -0.4 is 10.6 Å². The molecule has 1 saturated heterocycles. The summed E-state index contributed by atoms with van der Waals surface area (Å²) in [6.45, 7) is 3.10. The molecular formula is C19H20F3N3O. The molecule has 7 heteroatoms. The highest BCUT2D eigenvalue weighted by molar-refractivity contribution is 5.97. The van der Waals surface area contributed by atoms with Gasteiger partial charge in [0.2, 0.25) is 0 Å². The SMILES string of the molecule is Cc1cc(C(=O)NCC2CCN2)nc2c(C(F)(F)F)cc(C3CC3)cc12. The molecule has 2 N–H and O–H groups in total. The molecule has 2 aliphatic rings. The number of hydrogen-bond acceptors (Lipinski definition) is 3. The second-order valence-electron chi connectivity index (χ2n) is 7.21. The molecule has 138 valence electrons. The van der Waals surface area contributed by atoms with Crippen molar-refractivity contribution in [3.8, 4) is 0 Å². The molecule has 1 aliphatic heterocycles. The molecule has 0 spiro atoms. The summed E-state index contributed by atoms with van der Waals surface area (Å²) in [4.78, 5) is 16.4. The molecule has 2 heterocycles. The first-order valence-electron chi connectivity index (χ1n) is 8.87. The number of rotatable bonds is 4. The Hall–Kier alpha value is -2.15. The molecule has 4 nitrogen and oxygen atoms in total. The van der Waals surface area contributed by atoms with Gasteiger partial charge in [0.15, 0.2) is 0 Å². The predicted octanol–water partition coefficient (Wildman–Crippen LogP) is 3.53. The molecule has 1 aromatic heterocycles. The van der Waals surface area contributed by atoms with Gasteiger partial charge in [-0.05, 0) is 68.0 Å². The van der Waals surface area contributed by atoms with Crippen LogP contribution in [0.3, 0.4) is 0 Å². The lowest BCUT2D eigenvalue weighted by atomic mass is 9.98. The van der Waals surface area contributed by atoms with Crippen molar-refractivity contribution in [2.75, 3.05) is 13.1 Å². The Bertz CT molecular complexity index is 870. The number of aryl methyl sites for hydroxylation is 1. The van der Waals surface area contributed by atoms with Gasteiger partial charge in [0, 0.05) is 18.0 Å². The second kappa shape index (κ2) is 6.23. The van der Waals surface area contributed by atoms with Gasteiger partial charge in [-0.2, -0.15) is 13.2 Å². The van der Waals surface area contributed by atoms with E-state index in [9.17, 15) is 18.0 Å². The van der Waals surface area contributed by atoms with Crippen molar-refractivity contribution in [1.82, 2.24) is 15.6 Å². The highest BCUT2D eigenvalue weighted by Crippen LogP contribution is 2.44. The van der Waals surface area contributed by atoms with E-state index in [-0.39, 0.29) is 23.2 Å². The van der Waals surface area contributed by atoms with Crippen LogP contribution in [0.25, 0.3) is 10.9 Å². The Kier molecular flexibility index (Phi) is 4.14. The lowest BCUT2D eigenvalue weighted by Crippen LogP contribution is -2.50. The molecule has 1 aromatic carbocycles. The fourth-order valence-corrected chi connectivity index (χ4v) is 3.33. The van der Waals surface area contributed by atoms with E-state index < -0.39 is 17.6 Å². The lowest BCUT2D eigenvalue weighted by molar-refractivity contribution is -0.136. The van der Waals surface area contributed by atoms with E-state index >= 15 is 0 Å². The second-order valence-corrected chi connectivity index (χ2v) is 7.21. The van der Waals surface area contributed by atoms with E-state index in [1.807, 2.05) is 0 Å². The van der Waals surface area contributed by atoms with Gasteiger partial charge in [0.1, 0.15) is 5.69 Å². The minimum Gasteiger partial charge on any atom is -0.349 e. The fourth-order valence-electron chi connectivity index (χ4n) is 3.33. The van der Waals surface area contributed by atoms with Gasteiger partial charge in [-0.3, -0.25) is 4.79 Å². The Morgan fingerprint density at radius 2 is 2.00 bits per heavy atom. The standard InChI is InChI=1S/C19H20F3N3O/c1-10-6-16(18(26)24-9-13-4-5-23-13)25-17-14(10)7-12(11-2-3-11)8-15(17)19(20,21)22/h6-8,11,13,23H,2-5,9H2,1H3,(H,24,26). The van der Waals surface area contributed by atoms with E-state index in [1.165, 1.54) is 6.07 Å². The summed E-state index contributed by atoms with van der Waals surface area (Å²) in [7, 11) is 0. The van der Waals surface area contributed by atoms with Gasteiger partial charge in [-0.15, -0.1) is 0 Å². The molecule has 0 bridgehead atoms. The van der Waals surface area contributed by atoms with Crippen molar-refractivity contribution in [3.63, 3.8) is 0 Å². The molecule has 0 radical (unpaired) electrons. The van der Waals surface area contributed by atoms with Gasteiger partial charge in [0.25, 0.3) is 5.91 Å². The fraction of sp³-hybridized carbons (Fsp3) is 0.474. The van der Waals surface area contributed by atoms with Crippen molar-refractivity contribution >= 4 is 16.8 Å². The maximum atomic E-state index is 13.6. The van der Waals surface area contributed by atoms with Crippen LogP contribution in [0.4, 0.5) is 13.2 Å². The molecule has 1 aliphatic carbocycles. The number of hydrogen-bond donors (Lipinski definition) is 2. The molecule has 1 saturated carbocycles. The third-order valence-corrected chi connectivity index (χ3v) is 5.16. The first-order chi connectivity index (χ1) is 12.3. The lowest BCUT2D eigenvalue weighted by Gasteiger charge is -2.27. The van der Waals surface area contributed by atoms with E-state index in [2.05, 4.69) is 15.6 Å². The molecule has 1 unspecified atom stereocenters. The Balaban J connectivity index is 1.74. The zero-order chi connectivity index (χ0) is 18.5. The van der Waals surface area contributed by atoms with Crippen LogP contribution >= 0.6 is 0 Å². The highest BCUT2D eigenvalue weighted by Gasteiger charge is 2.36. The number of nitrogens with one attached hydrogen (secondary N) is 2. The molecule has 26 heavy (non-hydrogen) atoms. The Morgan fingerprint density at radius 3 is 2.58 bits per heavy atom. The van der Waals surface area contributed by atoms with Crippen LogP contribution in [0.2, 0.25) is 0 Å². The number of carbonyl (C=O) groups is 1. The summed E-state index contributed by atoms with van der Waals surface area (Å²) in [5.74, 6) is -0.235. The number of carbonyl (C=O) groups excluding carboxylic acids is 1. The third-order valence-electron chi connectivity index (χ3n) is 5.16. The van der Waals surface area contributed by atoms with Gasteiger partial charge in [0.05, 0.1) is 11.1 Å². The minimum atomic E-state index is -4.51. The first-order valence-corrected chi connectivity index (χ1v) is 8.87. The molecule has 1 amide bonds. The monoisotopic (exact) mass is 363 g/mol. The maximum absolute atomic E-state index is 13.6. The van der Waals surface area contributed by atoms with Crippen LogP contribution in [-0.2, 0) is 6.18 Å². The summed E-state index contributed by atoms with van der Waals surface area (Å²) in [6.07, 6.45) is -1.68. The average Bonchev–Trinajstić information content (AvgIpc) is 3.36. The number of pyridine rings is 1. The van der Waals surface area contributed by atoms with E-state index in [0.29, 0.717) is 23.1 Å². The number of aromatic nitrogens is 1.